The maximum absolute atomic E-state index is 12.1. The zero-order valence-corrected chi connectivity index (χ0v) is 18.1. The number of nitrogens with zero attached hydrogens (tertiary/aromatic N) is 2. The largest absolute Gasteiger partial charge is 0.789 e. The van der Waals surface area contributed by atoms with Gasteiger partial charge in [0.05, 0.1) is 26.1 Å². The van der Waals surface area contributed by atoms with Crippen LogP contribution < -0.4 is 26.1 Å². The number of phosphoric acid groups is 3. The van der Waals surface area contributed by atoms with Crippen LogP contribution in [-0.4, -0.2) is 38.4 Å². The molecule has 31 heavy (non-hydrogen) atoms. The summed E-state index contributed by atoms with van der Waals surface area (Å²) in [7, 11) is -17.6. The number of nitrogens with two attached hydrogens (primary N) is 1. The van der Waals surface area contributed by atoms with E-state index in [4.69, 9.17) is 15.4 Å². The molecule has 2 heterocycles. The first-order valence-electron chi connectivity index (χ1n) is 8.00. The number of rotatable bonds is 8. The van der Waals surface area contributed by atoms with Gasteiger partial charge in [0.25, 0.3) is 7.82 Å². The molecule has 1 fully saturated rings. The highest BCUT2D eigenvalue weighted by Gasteiger charge is 2.38. The summed E-state index contributed by atoms with van der Waals surface area (Å²) >= 11 is 0. The number of aliphatic hydroxyl groups is 1. The highest BCUT2D eigenvalue weighted by Crippen LogP contribution is 2.63. The molecule has 0 bridgehead atoms. The standard InChI is InChI=1S/C12H18N3O13P3/c1-2-3-7-5-15(12(17)14-11(7)13)10-4-8(16)9(26-10)6-25-30(21,22)28-31(23,24)27-29(18,19)20/h5,8-10,16H,4,6H2,1H3,(H,21,22)(H,23,24)(H2,13,14,17)(H2,18,19,20)/p-3. The second-order valence-corrected chi connectivity index (χ2v) is 10.1. The lowest BCUT2D eigenvalue weighted by atomic mass is 10.2. The van der Waals surface area contributed by atoms with E-state index in [0.29, 0.717) is 0 Å². The van der Waals surface area contributed by atoms with E-state index < -0.39 is 54.2 Å². The van der Waals surface area contributed by atoms with Crippen molar-refractivity contribution in [1.82, 2.24) is 9.55 Å². The first-order valence-corrected chi connectivity index (χ1v) is 12.4. The van der Waals surface area contributed by atoms with E-state index in [1.165, 1.54) is 13.1 Å². The van der Waals surface area contributed by atoms with E-state index >= 15 is 0 Å². The third kappa shape index (κ3) is 7.58. The van der Waals surface area contributed by atoms with Crippen molar-refractivity contribution in [2.75, 3.05) is 12.3 Å². The Morgan fingerprint density at radius 3 is 2.58 bits per heavy atom. The molecule has 1 aromatic rings. The molecule has 0 radical (unpaired) electrons. The van der Waals surface area contributed by atoms with Gasteiger partial charge >= 0.3 is 13.5 Å². The lowest BCUT2D eigenvalue weighted by Crippen LogP contribution is -2.29. The highest BCUT2D eigenvalue weighted by molar-refractivity contribution is 7.65. The topological polar surface area (TPSA) is 259 Å². The van der Waals surface area contributed by atoms with Gasteiger partial charge in [0.2, 0.25) is 0 Å². The Morgan fingerprint density at radius 2 is 2.00 bits per heavy atom. The molecule has 0 spiro atoms. The first-order chi connectivity index (χ1) is 14.1. The van der Waals surface area contributed by atoms with Crippen LogP contribution in [0.2, 0.25) is 0 Å². The molecule has 5 unspecified atom stereocenters. The number of nitrogen functional groups attached to an aromatic ring is 1. The molecule has 0 amide bonds. The zero-order chi connectivity index (χ0) is 23.6. The average molecular weight is 502 g/mol. The summed E-state index contributed by atoms with van der Waals surface area (Å²) in [5.41, 5.74) is 4.95. The molecule has 174 valence electrons. The van der Waals surface area contributed by atoms with Crippen LogP contribution in [0.5, 0.6) is 0 Å². The quantitative estimate of drug-likeness (QED) is 0.241. The number of hydrogen-bond donors (Lipinski definition) is 3. The van der Waals surface area contributed by atoms with Crippen molar-refractivity contribution in [2.24, 2.45) is 0 Å². The number of aromatic nitrogens is 2. The van der Waals surface area contributed by atoms with Gasteiger partial charge in [-0.3, -0.25) is 13.4 Å². The van der Waals surface area contributed by atoms with Crippen molar-refractivity contribution in [3.8, 4) is 11.8 Å². The monoisotopic (exact) mass is 502 g/mol. The maximum Gasteiger partial charge on any atom is 0.482 e. The summed E-state index contributed by atoms with van der Waals surface area (Å²) in [5, 5.41) is 10.0. The Hall–Kier alpha value is -1.43. The fraction of sp³-hybridized carbons (Fsp3) is 0.500. The molecule has 0 aliphatic carbocycles. The van der Waals surface area contributed by atoms with Gasteiger partial charge in [-0.05, 0) is 6.92 Å². The summed E-state index contributed by atoms with van der Waals surface area (Å²) < 4.78 is 50.4. The predicted octanol–water partition coefficient (Wildman–Crippen LogP) is -2.71. The molecule has 2 rings (SSSR count). The second kappa shape index (κ2) is 9.60. The molecule has 4 N–H and O–H groups in total. The summed E-state index contributed by atoms with van der Waals surface area (Å²) in [6.07, 6.45) is -2.83. The van der Waals surface area contributed by atoms with Gasteiger partial charge in [0, 0.05) is 12.6 Å². The van der Waals surface area contributed by atoms with Crippen LogP contribution in [0.25, 0.3) is 0 Å². The summed E-state index contributed by atoms with van der Waals surface area (Å²) in [5.74, 6) is 5.04. The molecular formula is C12H15N3O13P3-3. The van der Waals surface area contributed by atoms with E-state index in [0.717, 1.165) is 4.57 Å². The lowest BCUT2D eigenvalue weighted by Gasteiger charge is -2.32. The van der Waals surface area contributed by atoms with Crippen molar-refractivity contribution in [1.29, 1.82) is 0 Å². The normalized spacial score (nSPS) is 25.3. The predicted molar refractivity (Wildman–Crippen MR) is 93.2 cm³/mol. The van der Waals surface area contributed by atoms with Gasteiger partial charge < -0.3 is 44.2 Å². The van der Waals surface area contributed by atoms with Crippen molar-refractivity contribution in [3.63, 3.8) is 0 Å². The third-order valence-corrected chi connectivity index (χ3v) is 7.27. The fourth-order valence-corrected chi connectivity index (χ4v) is 5.34. The van der Waals surface area contributed by atoms with Crippen LogP contribution in [0, 0.1) is 11.8 Å². The van der Waals surface area contributed by atoms with Gasteiger partial charge in [0.1, 0.15) is 18.1 Å². The van der Waals surface area contributed by atoms with Crippen molar-refractivity contribution >= 4 is 29.3 Å². The smallest absolute Gasteiger partial charge is 0.482 e. The van der Waals surface area contributed by atoms with E-state index in [1.54, 1.807) is 0 Å². The number of anilines is 1. The fourth-order valence-electron chi connectivity index (χ4n) is 2.41. The minimum Gasteiger partial charge on any atom is -0.789 e. The summed E-state index contributed by atoms with van der Waals surface area (Å²) in [6, 6.07) is 0. The highest BCUT2D eigenvalue weighted by atomic mass is 31.3. The first kappa shape index (κ1) is 25.8. The summed E-state index contributed by atoms with van der Waals surface area (Å²) in [6.45, 7) is 0.550. The van der Waals surface area contributed by atoms with Crippen molar-refractivity contribution in [3.05, 3.63) is 22.2 Å². The minimum absolute atomic E-state index is 0.130. The van der Waals surface area contributed by atoms with Crippen molar-refractivity contribution < 1.29 is 56.3 Å². The van der Waals surface area contributed by atoms with E-state index in [-0.39, 0.29) is 17.8 Å². The van der Waals surface area contributed by atoms with Crippen LogP contribution >= 0.6 is 23.5 Å². The Kier molecular flexibility index (Phi) is 8.00. The van der Waals surface area contributed by atoms with Crippen LogP contribution in [0.3, 0.4) is 0 Å². The van der Waals surface area contributed by atoms with Crippen LogP contribution in [-0.2, 0) is 31.6 Å². The Labute approximate surface area is 174 Å². The molecule has 1 aromatic heterocycles. The third-order valence-electron chi connectivity index (χ3n) is 3.56. The zero-order valence-electron chi connectivity index (χ0n) is 15.4. The lowest BCUT2D eigenvalue weighted by molar-refractivity contribution is -0.334. The Bertz CT molecular complexity index is 1090. The minimum atomic E-state index is -6.06. The van der Waals surface area contributed by atoms with Gasteiger partial charge in [-0.15, -0.1) is 5.92 Å². The molecule has 1 aliphatic heterocycles. The van der Waals surface area contributed by atoms with Gasteiger partial charge in [-0.2, -0.15) is 4.98 Å². The molecule has 0 saturated carbocycles. The molecule has 19 heteroatoms. The number of aliphatic hydroxyl groups excluding tert-OH is 1. The number of ether oxygens (including phenoxy) is 1. The second-order valence-electron chi connectivity index (χ2n) is 5.86. The van der Waals surface area contributed by atoms with Crippen molar-refractivity contribution in [2.45, 2.75) is 31.8 Å². The van der Waals surface area contributed by atoms with Gasteiger partial charge in [-0.1, -0.05) is 5.92 Å². The molecular weight excluding hydrogens is 487 g/mol. The molecule has 1 aliphatic rings. The molecule has 5 atom stereocenters. The molecule has 1 saturated heterocycles. The van der Waals surface area contributed by atoms with E-state index in [1.807, 2.05) is 0 Å². The molecule has 0 aromatic carbocycles. The van der Waals surface area contributed by atoms with E-state index in [9.17, 15) is 38.3 Å². The number of phosphoric ester groups is 1. The van der Waals surface area contributed by atoms with Crippen LogP contribution in [0.15, 0.2) is 11.0 Å². The SMILES string of the molecule is CC#Cc1cn(C2CC(O)C(COP(=O)([O-])OP(=O)(O)OP(=O)([O-])[O-])O2)c(=O)nc1N. The van der Waals surface area contributed by atoms with E-state index in [2.05, 4.69) is 30.0 Å². The maximum atomic E-state index is 12.1. The van der Waals surface area contributed by atoms with Gasteiger partial charge in [0.15, 0.2) is 0 Å². The molecule has 16 nitrogen and oxygen atoms in total. The van der Waals surface area contributed by atoms with Gasteiger partial charge in [-0.25, -0.2) is 13.7 Å². The Morgan fingerprint density at radius 1 is 1.35 bits per heavy atom. The number of hydrogen-bond acceptors (Lipinski definition) is 14. The Balaban J connectivity index is 2.07. The van der Waals surface area contributed by atoms with Crippen LogP contribution in [0.1, 0.15) is 25.1 Å². The van der Waals surface area contributed by atoms with Crippen LogP contribution in [0.4, 0.5) is 5.82 Å². The summed E-state index contributed by atoms with van der Waals surface area (Å²) in [4.78, 5) is 56.9. The average Bonchev–Trinajstić information content (AvgIpc) is 2.93.